The highest BCUT2D eigenvalue weighted by molar-refractivity contribution is 5.79. The van der Waals surface area contributed by atoms with E-state index in [1.54, 1.807) is 0 Å². The van der Waals surface area contributed by atoms with Crippen molar-refractivity contribution in [2.24, 2.45) is 50.2 Å². The molecule has 5 aliphatic carbocycles. The van der Waals surface area contributed by atoms with Crippen LogP contribution in [0.1, 0.15) is 106 Å². The Balaban J connectivity index is 0.960. The van der Waals surface area contributed by atoms with Gasteiger partial charge in [0.1, 0.15) is 122 Å². The molecule has 0 aromatic carbocycles. The molecule has 10 rings (SSSR count). The van der Waals surface area contributed by atoms with Crippen molar-refractivity contribution in [2.75, 3.05) is 26.4 Å². The van der Waals surface area contributed by atoms with Crippen LogP contribution in [0.25, 0.3) is 0 Å². The molecule has 4 saturated carbocycles. The summed E-state index contributed by atoms with van der Waals surface area (Å²) in [6.07, 6.45) is -44.3. The Kier molecular flexibility index (Phi) is 20.3. The van der Waals surface area contributed by atoms with Crippen molar-refractivity contribution in [2.45, 2.75) is 272 Å². The first-order valence-corrected chi connectivity index (χ1v) is 31.5. The first kappa shape index (κ1) is 70.4. The second-order valence-corrected chi connectivity index (χ2v) is 29.0. The zero-order valence-corrected chi connectivity index (χ0v) is 51.5. The number of ether oxygens (including phenoxy) is 10. The van der Waals surface area contributed by atoms with Crippen LogP contribution in [-0.2, 0) is 57.0 Å². The number of carboxylic acid groups (broad SMARTS) is 1. The fraction of sp³-hybridized carbons (Fsp3) is 0.933. The lowest BCUT2D eigenvalue weighted by Gasteiger charge is -2.71. The van der Waals surface area contributed by atoms with Gasteiger partial charge in [-0.3, -0.25) is 9.59 Å². The quantitative estimate of drug-likeness (QED) is 0.0414. The van der Waals surface area contributed by atoms with Crippen LogP contribution in [0.3, 0.4) is 0 Å². The lowest BCUT2D eigenvalue weighted by Crippen LogP contribution is -2.71. The van der Waals surface area contributed by atoms with Crippen LogP contribution in [0, 0.1) is 50.2 Å². The average Bonchev–Trinajstić information content (AvgIpc) is 0.674. The number of carbonyl (C=O) groups is 2. The van der Waals surface area contributed by atoms with E-state index in [-0.39, 0.29) is 30.1 Å². The molecular formula is C60H96O30. The summed E-state index contributed by atoms with van der Waals surface area (Å²) in [7, 11) is 0. The SMILES string of the molecule is C[C@@H]1O[C@@H](O[C@H]2[C@H](O)[C@@H](CO)O[C@@H](O[C@H]3[C@H](OC4C(O)C[C@@]5(C)[C@@H](CC[C@]6(C)[C@@H]5CC=C5[C@@H]7CC(C)(C)CC[C@]7(C(=O)O[C@@H]7O[C@H](CO)[C@@H](O)[C@H](O)[C@H]7O)CC[C@]56C)[C@]4(C)C(=O)O)O[C@H](CO)[C@@H](O)[C@@H]3O)[C@@H]2O[C@@H]2O[C@H](CO)[C@@H](O)[C@H](O)[C@H]2O)[C@H](O)[C@H](O)[C@H]1O. The van der Waals surface area contributed by atoms with Gasteiger partial charge in [0, 0.05) is 0 Å². The largest absolute Gasteiger partial charge is 0.481 e. The van der Waals surface area contributed by atoms with E-state index in [1.807, 2.05) is 6.92 Å². The molecular weight excluding hydrogens is 1200 g/mol. The van der Waals surface area contributed by atoms with E-state index < -0.39 is 237 Å². The number of aliphatic carboxylic acids is 1. The molecule has 5 heterocycles. The highest BCUT2D eigenvalue weighted by Gasteiger charge is 2.73. The maximum absolute atomic E-state index is 14.9. The lowest BCUT2D eigenvalue weighted by molar-refractivity contribution is -0.413. The Morgan fingerprint density at radius 2 is 0.978 bits per heavy atom. The number of hydrogen-bond acceptors (Lipinski definition) is 29. The molecule has 90 heavy (non-hydrogen) atoms. The van der Waals surface area contributed by atoms with Crippen LogP contribution < -0.4 is 0 Å². The Labute approximate surface area is 519 Å². The van der Waals surface area contributed by atoms with Crippen LogP contribution in [0.15, 0.2) is 11.6 Å². The van der Waals surface area contributed by atoms with E-state index in [1.165, 1.54) is 13.8 Å². The van der Waals surface area contributed by atoms with Gasteiger partial charge in [-0.1, -0.05) is 46.3 Å². The fourth-order valence-corrected chi connectivity index (χ4v) is 18.0. The summed E-state index contributed by atoms with van der Waals surface area (Å²) >= 11 is 0. The minimum absolute atomic E-state index is 0.0569. The Morgan fingerprint density at radius 3 is 1.56 bits per heavy atom. The predicted molar refractivity (Wildman–Crippen MR) is 297 cm³/mol. The molecule has 10 aliphatic rings. The van der Waals surface area contributed by atoms with E-state index in [0.29, 0.717) is 44.9 Å². The van der Waals surface area contributed by atoms with Crippen molar-refractivity contribution in [3.05, 3.63) is 11.6 Å². The molecule has 9 fully saturated rings. The third-order valence-corrected chi connectivity index (χ3v) is 23.6. The van der Waals surface area contributed by atoms with Gasteiger partial charge in [-0.15, -0.1) is 0 Å². The molecule has 35 atom stereocenters. The van der Waals surface area contributed by atoms with Gasteiger partial charge in [-0.25, -0.2) is 0 Å². The molecule has 0 aromatic rings. The normalized spacial score (nSPS) is 54.5. The third-order valence-electron chi connectivity index (χ3n) is 23.6. The maximum atomic E-state index is 14.9. The fourth-order valence-electron chi connectivity index (χ4n) is 18.0. The summed E-state index contributed by atoms with van der Waals surface area (Å²) in [5, 5.41) is 198. The third kappa shape index (κ3) is 11.4. The lowest BCUT2D eigenvalue weighted by atomic mass is 9.33. The minimum Gasteiger partial charge on any atom is -0.481 e. The molecule has 0 aromatic heterocycles. The second kappa shape index (κ2) is 25.9. The molecule has 18 N–H and O–H groups in total. The van der Waals surface area contributed by atoms with Gasteiger partial charge in [-0.05, 0) is 111 Å². The standard InChI is InChI=1S/C60H96O30/c1-22-32(66)37(71)41(75)48(81-22)86-44-36(70)29(21-64)85-52(46(44)88-49-42(76)38(72)33(67)26(18-61)82-49)87-45-40(74)35(69)28(20-63)84-51(45)89-47-25(65)17-56(4)30-9-8-23-24-16-55(2,3)12-14-60(24,54(80)90-50-43(77)39(73)34(68)27(19-62)83-50)15-13-57(23,5)58(30,6)11-10-31(56)59(47,7)53(78)79/h8,22,24-52,61-77H,9-21H2,1-7H3,(H,78,79)/t22-,24-,25?,26+,27+,28+,29+,30+,31+,32-,33+,34+,35+,36+,37+,38-,39-,40-,41+,42+,43+,44-,45+,46+,47?,48-,49-,50-,51-,52-,56+,57+,58+,59-,60-/m0/s1. The van der Waals surface area contributed by atoms with Crippen molar-refractivity contribution >= 4 is 11.9 Å². The smallest absolute Gasteiger partial charge is 0.315 e. The van der Waals surface area contributed by atoms with Crippen LogP contribution in [-0.4, -0.2) is 296 Å². The first-order valence-electron chi connectivity index (χ1n) is 31.5. The van der Waals surface area contributed by atoms with Gasteiger partial charge in [-0.2, -0.15) is 0 Å². The molecule has 0 amide bonds. The summed E-state index contributed by atoms with van der Waals surface area (Å²) in [5.41, 5.74) is -4.49. The van der Waals surface area contributed by atoms with E-state index >= 15 is 0 Å². The Bertz CT molecular complexity index is 2560. The van der Waals surface area contributed by atoms with Gasteiger partial charge in [0.15, 0.2) is 25.2 Å². The van der Waals surface area contributed by atoms with E-state index in [9.17, 15) is 102 Å². The monoisotopic (exact) mass is 1300 g/mol. The molecule has 30 heteroatoms. The van der Waals surface area contributed by atoms with Crippen LogP contribution in [0.2, 0.25) is 0 Å². The summed E-state index contributed by atoms with van der Waals surface area (Å²) in [6, 6.07) is 0. The summed E-state index contributed by atoms with van der Waals surface area (Å²) in [5.74, 6) is -3.47. The number of allylic oxidation sites excluding steroid dienone is 2. The van der Waals surface area contributed by atoms with E-state index in [4.69, 9.17) is 47.4 Å². The van der Waals surface area contributed by atoms with Crippen molar-refractivity contribution < 1.29 is 149 Å². The van der Waals surface area contributed by atoms with Crippen molar-refractivity contribution in [3.63, 3.8) is 0 Å². The number of fused-ring (bicyclic) bond motifs is 7. The Hall–Kier alpha value is -2.36. The van der Waals surface area contributed by atoms with Crippen molar-refractivity contribution in [1.29, 1.82) is 0 Å². The topological polar surface area (TPSA) is 491 Å². The molecule has 5 aliphatic heterocycles. The number of carboxylic acids is 1. The molecule has 2 unspecified atom stereocenters. The second-order valence-electron chi connectivity index (χ2n) is 29.0. The maximum Gasteiger partial charge on any atom is 0.315 e. The number of carbonyl (C=O) groups excluding carboxylic acids is 1. The van der Waals surface area contributed by atoms with E-state index in [0.717, 1.165) is 5.57 Å². The highest BCUT2D eigenvalue weighted by atomic mass is 16.8. The molecule has 0 bridgehead atoms. The van der Waals surface area contributed by atoms with Gasteiger partial charge in [0.05, 0.1) is 49.5 Å². The minimum atomic E-state index is -2.17. The van der Waals surface area contributed by atoms with Crippen LogP contribution in [0.4, 0.5) is 0 Å². The van der Waals surface area contributed by atoms with E-state index in [2.05, 4.69) is 33.8 Å². The first-order chi connectivity index (χ1) is 42.1. The van der Waals surface area contributed by atoms with Crippen LogP contribution >= 0.6 is 0 Å². The zero-order valence-electron chi connectivity index (χ0n) is 51.5. The van der Waals surface area contributed by atoms with Gasteiger partial charge in [0.2, 0.25) is 6.29 Å². The molecule has 516 valence electrons. The molecule has 0 radical (unpaired) electrons. The number of hydrogen-bond donors (Lipinski definition) is 18. The van der Waals surface area contributed by atoms with Crippen molar-refractivity contribution in [1.82, 2.24) is 0 Å². The molecule has 0 spiro atoms. The average molecular weight is 1300 g/mol. The van der Waals surface area contributed by atoms with Gasteiger partial charge < -0.3 is 139 Å². The molecule has 5 saturated heterocycles. The summed E-state index contributed by atoms with van der Waals surface area (Å²) in [4.78, 5) is 29.2. The number of esters is 1. The van der Waals surface area contributed by atoms with Crippen LogP contribution in [0.5, 0.6) is 0 Å². The van der Waals surface area contributed by atoms with Gasteiger partial charge in [0.25, 0.3) is 0 Å². The molecule has 30 nitrogen and oxygen atoms in total. The van der Waals surface area contributed by atoms with Crippen molar-refractivity contribution in [3.8, 4) is 0 Å². The zero-order chi connectivity index (χ0) is 66.0. The number of rotatable bonds is 15. The number of aliphatic hydroxyl groups excluding tert-OH is 17. The summed E-state index contributed by atoms with van der Waals surface area (Å²) < 4.78 is 60.4. The summed E-state index contributed by atoms with van der Waals surface area (Å²) in [6.45, 7) is 9.72. The highest BCUT2D eigenvalue weighted by Crippen LogP contribution is 2.76. The Morgan fingerprint density at radius 1 is 0.500 bits per heavy atom. The van der Waals surface area contributed by atoms with Gasteiger partial charge >= 0.3 is 11.9 Å². The predicted octanol–water partition coefficient (Wildman–Crippen LogP) is -5.15. The number of aliphatic hydroxyl groups is 17.